The van der Waals surface area contributed by atoms with Crippen LogP contribution in [-0.2, 0) is 0 Å². The van der Waals surface area contributed by atoms with Crippen LogP contribution in [0.4, 0.5) is 13.2 Å². The first-order chi connectivity index (χ1) is 6.00. The highest BCUT2D eigenvalue weighted by Crippen LogP contribution is 2.31. The van der Waals surface area contributed by atoms with Gasteiger partial charge in [-0.3, -0.25) is 0 Å². The molecule has 1 nitrogen and oxygen atoms in total. The third-order valence-electron chi connectivity index (χ3n) is 1.49. The number of rotatable bonds is 0. The molecule has 0 heterocycles. The van der Waals surface area contributed by atoms with Crippen molar-refractivity contribution in [3.8, 4) is 0 Å². The first kappa shape index (κ1) is 12.1. The van der Waals surface area contributed by atoms with Crippen LogP contribution in [0.1, 0.15) is 26.7 Å². The van der Waals surface area contributed by atoms with Crippen LogP contribution in [0.3, 0.4) is 0 Å². The van der Waals surface area contributed by atoms with Crippen molar-refractivity contribution in [2.24, 2.45) is 0 Å². The molecular formula is C9H13F3O. The minimum Gasteiger partial charge on any atom is -0.512 e. The van der Waals surface area contributed by atoms with Crippen LogP contribution in [0.25, 0.3) is 0 Å². The van der Waals surface area contributed by atoms with Crippen LogP contribution >= 0.6 is 0 Å². The van der Waals surface area contributed by atoms with Crippen molar-refractivity contribution in [1.82, 2.24) is 0 Å². The Morgan fingerprint density at radius 1 is 1.15 bits per heavy atom. The van der Waals surface area contributed by atoms with Crippen molar-refractivity contribution in [2.75, 3.05) is 0 Å². The summed E-state index contributed by atoms with van der Waals surface area (Å²) in [7, 11) is 0. The molecule has 1 N–H and O–H groups in total. The molecule has 0 amide bonds. The standard InChI is InChI=1S/C7H7F3O.C2H6/c8-7(9,10)5-1-3-6(11)4-2-5;1-2/h1,3,11H,2,4H2;1-2H3. The molecule has 76 valence electrons. The molecule has 0 spiro atoms. The lowest BCUT2D eigenvalue weighted by atomic mass is 10.0. The zero-order valence-corrected chi connectivity index (χ0v) is 7.65. The van der Waals surface area contributed by atoms with Gasteiger partial charge in [0.15, 0.2) is 0 Å². The summed E-state index contributed by atoms with van der Waals surface area (Å²) in [5, 5.41) is 8.74. The van der Waals surface area contributed by atoms with Gasteiger partial charge in [0.25, 0.3) is 0 Å². The zero-order chi connectivity index (χ0) is 10.5. The van der Waals surface area contributed by atoms with Crippen LogP contribution in [0, 0.1) is 0 Å². The van der Waals surface area contributed by atoms with Gasteiger partial charge in [0, 0.05) is 12.0 Å². The summed E-state index contributed by atoms with van der Waals surface area (Å²) in [6.45, 7) is 4.00. The van der Waals surface area contributed by atoms with Gasteiger partial charge in [-0.2, -0.15) is 13.2 Å². The van der Waals surface area contributed by atoms with E-state index in [4.69, 9.17) is 5.11 Å². The van der Waals surface area contributed by atoms with Gasteiger partial charge in [-0.05, 0) is 12.5 Å². The number of alkyl halides is 3. The summed E-state index contributed by atoms with van der Waals surface area (Å²) in [6.07, 6.45) is -2.26. The number of aliphatic hydroxyl groups excluding tert-OH is 1. The topological polar surface area (TPSA) is 20.2 Å². The van der Waals surface area contributed by atoms with E-state index in [0.29, 0.717) is 0 Å². The smallest absolute Gasteiger partial charge is 0.412 e. The molecule has 1 rings (SSSR count). The van der Waals surface area contributed by atoms with Gasteiger partial charge in [-0.25, -0.2) is 0 Å². The molecule has 0 atom stereocenters. The Bertz CT molecular complexity index is 213. The lowest BCUT2D eigenvalue weighted by Crippen LogP contribution is -2.13. The summed E-state index contributed by atoms with van der Waals surface area (Å²) >= 11 is 0. The van der Waals surface area contributed by atoms with Crippen LogP contribution in [0.5, 0.6) is 0 Å². The van der Waals surface area contributed by atoms with Crippen LogP contribution < -0.4 is 0 Å². The van der Waals surface area contributed by atoms with E-state index in [-0.39, 0.29) is 18.6 Å². The summed E-state index contributed by atoms with van der Waals surface area (Å²) in [5.41, 5.74) is -0.574. The van der Waals surface area contributed by atoms with E-state index in [9.17, 15) is 13.2 Å². The van der Waals surface area contributed by atoms with E-state index in [0.717, 1.165) is 12.2 Å². The molecule has 0 saturated heterocycles. The highest BCUT2D eigenvalue weighted by atomic mass is 19.4. The van der Waals surface area contributed by atoms with E-state index in [1.54, 1.807) is 0 Å². The number of aliphatic hydroxyl groups is 1. The minimum atomic E-state index is -4.24. The predicted molar refractivity (Wildman–Crippen MR) is 45.4 cm³/mol. The third kappa shape index (κ3) is 4.01. The molecule has 1 aliphatic carbocycles. The second-order valence-electron chi connectivity index (χ2n) is 2.35. The number of allylic oxidation sites excluding steroid dienone is 4. The first-order valence-corrected chi connectivity index (χ1v) is 4.16. The first-order valence-electron chi connectivity index (χ1n) is 4.16. The van der Waals surface area contributed by atoms with Gasteiger partial charge < -0.3 is 5.11 Å². The van der Waals surface area contributed by atoms with Crippen molar-refractivity contribution >= 4 is 0 Å². The van der Waals surface area contributed by atoms with Crippen LogP contribution in [0.2, 0.25) is 0 Å². The van der Waals surface area contributed by atoms with Crippen molar-refractivity contribution in [1.29, 1.82) is 0 Å². The second kappa shape index (κ2) is 4.94. The minimum absolute atomic E-state index is 0.0120. The molecule has 13 heavy (non-hydrogen) atoms. The summed E-state index contributed by atoms with van der Waals surface area (Å²) < 4.78 is 35.7. The van der Waals surface area contributed by atoms with Gasteiger partial charge in [0.05, 0.1) is 5.76 Å². The summed E-state index contributed by atoms with van der Waals surface area (Å²) in [6, 6.07) is 0. The fraction of sp³-hybridized carbons (Fsp3) is 0.556. The molecular weight excluding hydrogens is 181 g/mol. The molecule has 0 unspecified atom stereocenters. The molecule has 0 aromatic carbocycles. The summed E-state index contributed by atoms with van der Waals surface area (Å²) in [5.74, 6) is 0.0120. The van der Waals surface area contributed by atoms with Gasteiger partial charge in [-0.15, -0.1) is 0 Å². The van der Waals surface area contributed by atoms with Crippen molar-refractivity contribution < 1.29 is 18.3 Å². The Labute approximate surface area is 75.6 Å². The Morgan fingerprint density at radius 2 is 1.69 bits per heavy atom. The van der Waals surface area contributed by atoms with Crippen molar-refractivity contribution in [3.63, 3.8) is 0 Å². The van der Waals surface area contributed by atoms with E-state index in [2.05, 4.69) is 0 Å². The highest BCUT2D eigenvalue weighted by Gasteiger charge is 2.33. The molecule has 0 fully saturated rings. The maximum Gasteiger partial charge on any atom is 0.412 e. The quantitative estimate of drug-likeness (QED) is 0.622. The lowest BCUT2D eigenvalue weighted by Gasteiger charge is -2.13. The van der Waals surface area contributed by atoms with Gasteiger partial charge in [0.1, 0.15) is 0 Å². The van der Waals surface area contributed by atoms with E-state index in [1.807, 2.05) is 13.8 Å². The molecule has 0 radical (unpaired) electrons. The van der Waals surface area contributed by atoms with E-state index >= 15 is 0 Å². The zero-order valence-electron chi connectivity index (χ0n) is 7.65. The van der Waals surface area contributed by atoms with Crippen molar-refractivity contribution in [3.05, 3.63) is 23.5 Å². The molecule has 0 bridgehead atoms. The highest BCUT2D eigenvalue weighted by molar-refractivity contribution is 5.23. The average Bonchev–Trinajstić information content (AvgIpc) is 2.07. The van der Waals surface area contributed by atoms with Crippen LogP contribution in [0.15, 0.2) is 23.5 Å². The molecule has 0 saturated carbocycles. The molecule has 0 aromatic heterocycles. The second-order valence-corrected chi connectivity index (χ2v) is 2.35. The van der Waals surface area contributed by atoms with E-state index < -0.39 is 11.7 Å². The average molecular weight is 194 g/mol. The molecule has 0 aromatic rings. The maximum atomic E-state index is 11.9. The van der Waals surface area contributed by atoms with E-state index in [1.165, 1.54) is 0 Å². The largest absolute Gasteiger partial charge is 0.512 e. The Hall–Kier alpha value is -0.930. The van der Waals surface area contributed by atoms with Crippen LogP contribution in [-0.4, -0.2) is 11.3 Å². The third-order valence-corrected chi connectivity index (χ3v) is 1.49. The fourth-order valence-electron chi connectivity index (χ4n) is 0.862. The number of hydrogen-bond donors (Lipinski definition) is 1. The maximum absolute atomic E-state index is 11.9. The Balaban J connectivity index is 0.000000671. The lowest BCUT2D eigenvalue weighted by molar-refractivity contribution is -0.0943. The Kier molecular flexibility index (Phi) is 4.59. The van der Waals surface area contributed by atoms with Gasteiger partial charge in [-0.1, -0.05) is 19.9 Å². The molecule has 1 aliphatic rings. The molecule has 4 heteroatoms. The summed E-state index contributed by atoms with van der Waals surface area (Å²) in [4.78, 5) is 0. The normalized spacial score (nSPS) is 16.7. The van der Waals surface area contributed by atoms with Crippen molar-refractivity contribution in [2.45, 2.75) is 32.9 Å². The SMILES string of the molecule is CC.OC1=CC=C(C(F)(F)F)CC1. The molecule has 0 aliphatic heterocycles. The predicted octanol–water partition coefficient (Wildman–Crippen LogP) is 3.74. The van der Waals surface area contributed by atoms with Gasteiger partial charge >= 0.3 is 6.18 Å². The Morgan fingerprint density at radius 3 is 2.00 bits per heavy atom. The van der Waals surface area contributed by atoms with Gasteiger partial charge in [0.2, 0.25) is 0 Å². The number of hydrogen-bond acceptors (Lipinski definition) is 1. The monoisotopic (exact) mass is 194 g/mol. The fourth-order valence-corrected chi connectivity index (χ4v) is 0.862. The number of halogens is 3.